The number of pyridine rings is 2. The van der Waals surface area contributed by atoms with Crippen LogP contribution in [0.2, 0.25) is 0 Å². The van der Waals surface area contributed by atoms with Crippen LogP contribution in [0, 0.1) is 0 Å². The van der Waals surface area contributed by atoms with Crippen molar-refractivity contribution in [1.29, 1.82) is 0 Å². The minimum absolute atomic E-state index is 0.0613. The van der Waals surface area contributed by atoms with Crippen LogP contribution in [-0.2, 0) is 27.3 Å². The lowest BCUT2D eigenvalue weighted by Gasteiger charge is -2.28. The highest BCUT2D eigenvalue weighted by atomic mass is 32.2. The molecule has 0 aliphatic carbocycles. The molecule has 3 aromatic rings. The van der Waals surface area contributed by atoms with E-state index in [2.05, 4.69) is 15.3 Å². The predicted molar refractivity (Wildman–Crippen MR) is 143 cm³/mol. The van der Waals surface area contributed by atoms with Gasteiger partial charge in [-0.2, -0.15) is 13.2 Å². The highest BCUT2D eigenvalue weighted by Crippen LogP contribution is 2.39. The molecule has 1 aromatic carbocycles. The van der Waals surface area contributed by atoms with Gasteiger partial charge >= 0.3 is 6.18 Å². The number of nitrogens with one attached hydrogen (secondary N) is 1. The molecule has 1 aliphatic rings. The zero-order valence-electron chi connectivity index (χ0n) is 21.1. The fourth-order valence-corrected chi connectivity index (χ4v) is 6.11. The van der Waals surface area contributed by atoms with E-state index in [1.165, 1.54) is 24.1 Å². The number of alkyl halides is 3. The number of nitrogens with zero attached hydrogens (tertiary/aromatic N) is 3. The average Bonchev–Trinajstić information content (AvgIpc) is 2.86. The number of rotatable bonds is 6. The molecule has 0 saturated carbocycles. The van der Waals surface area contributed by atoms with Crippen molar-refractivity contribution >= 4 is 45.9 Å². The smallest absolute Gasteiger partial charge is 0.416 e. The van der Waals surface area contributed by atoms with Gasteiger partial charge in [-0.3, -0.25) is 14.1 Å². The minimum atomic E-state index is -4.50. The largest absolute Gasteiger partial charge is 0.504 e. The number of hydrogen-bond acceptors (Lipinski definition) is 7. The van der Waals surface area contributed by atoms with Gasteiger partial charge in [0.25, 0.3) is 5.91 Å². The van der Waals surface area contributed by atoms with Crippen LogP contribution in [0.5, 0.6) is 5.75 Å². The summed E-state index contributed by atoms with van der Waals surface area (Å²) in [6, 6.07) is 5.75. The Morgan fingerprint density at radius 1 is 1.21 bits per heavy atom. The maximum atomic E-state index is 13.0. The van der Waals surface area contributed by atoms with E-state index in [1.807, 2.05) is 0 Å². The summed E-state index contributed by atoms with van der Waals surface area (Å²) in [4.78, 5) is 21.5. The number of amides is 1. The quantitative estimate of drug-likeness (QED) is 0.399. The number of carbonyl (C=O) groups excluding carboxylic acids is 1. The normalized spacial score (nSPS) is 16.1. The van der Waals surface area contributed by atoms with Crippen LogP contribution < -0.4 is 9.62 Å². The molecule has 1 amide bonds. The van der Waals surface area contributed by atoms with Crippen molar-refractivity contribution < 1.29 is 36.1 Å². The fourth-order valence-electron chi connectivity index (χ4n) is 3.98. The molecule has 0 spiro atoms. The third kappa shape index (κ3) is 6.59. The van der Waals surface area contributed by atoms with Crippen LogP contribution in [0.25, 0.3) is 17.0 Å². The van der Waals surface area contributed by atoms with Crippen LogP contribution in [0.3, 0.4) is 0 Å². The summed E-state index contributed by atoms with van der Waals surface area (Å²) in [6.45, 7) is 3.10. The lowest BCUT2D eigenvalue weighted by molar-refractivity contribution is -0.137. The molecule has 3 heterocycles. The molecule has 2 aromatic heterocycles. The molecule has 4 rings (SSSR count). The third-order valence-electron chi connectivity index (χ3n) is 5.98. The second-order valence-corrected chi connectivity index (χ2v) is 14.7. The third-order valence-corrected chi connectivity index (χ3v) is 8.68. The zero-order chi connectivity index (χ0) is 28.6. The van der Waals surface area contributed by atoms with Gasteiger partial charge in [0.1, 0.15) is 12.7 Å². The summed E-state index contributed by atoms with van der Waals surface area (Å²) in [5.74, 6) is -0.132. The zero-order valence-corrected chi connectivity index (χ0v) is 22.8. The molecule has 0 bridgehead atoms. The van der Waals surface area contributed by atoms with Gasteiger partial charge in [0.2, 0.25) is 10.0 Å². The molecule has 1 aliphatic heterocycles. The number of halogens is 3. The molecule has 0 radical (unpaired) electrons. The first-order valence-electron chi connectivity index (χ1n) is 11.9. The number of anilines is 1. The van der Waals surface area contributed by atoms with Gasteiger partial charge in [-0.15, -0.1) is 0 Å². The summed E-state index contributed by atoms with van der Waals surface area (Å²) >= 11 is 0. The van der Waals surface area contributed by atoms with E-state index in [0.29, 0.717) is 24.0 Å². The molecule has 0 atom stereocenters. The Balaban J connectivity index is 1.74. The average molecular weight is 583 g/mol. The van der Waals surface area contributed by atoms with Gasteiger partial charge in [0.15, 0.2) is 17.3 Å². The Hall–Kier alpha value is -3.44. The molecule has 2 N–H and O–H groups in total. The summed E-state index contributed by atoms with van der Waals surface area (Å²) < 4.78 is 77.5. The first-order valence-corrected chi connectivity index (χ1v) is 16.1. The Kier molecular flexibility index (Phi) is 7.77. The summed E-state index contributed by atoms with van der Waals surface area (Å²) in [5, 5.41) is 13.6. The number of fused-ring (bicyclic) bond motifs is 1. The Morgan fingerprint density at radius 2 is 1.90 bits per heavy atom. The van der Waals surface area contributed by atoms with Crippen LogP contribution in [0.15, 0.2) is 42.3 Å². The van der Waals surface area contributed by atoms with Crippen molar-refractivity contribution in [2.45, 2.75) is 25.6 Å². The van der Waals surface area contributed by atoms with Gasteiger partial charge in [0.05, 0.1) is 11.3 Å². The summed E-state index contributed by atoms with van der Waals surface area (Å²) in [7, 11) is -6.28. The summed E-state index contributed by atoms with van der Waals surface area (Å²) in [5.41, 5.74) is -0.516. The van der Waals surface area contributed by atoms with E-state index >= 15 is 0 Å². The van der Waals surface area contributed by atoms with E-state index in [9.17, 15) is 36.1 Å². The van der Waals surface area contributed by atoms with E-state index in [1.54, 1.807) is 25.5 Å². The van der Waals surface area contributed by atoms with Gasteiger partial charge in [-0.25, -0.2) is 13.4 Å². The molecule has 9 nitrogen and oxygen atoms in total. The highest BCUT2D eigenvalue weighted by Gasteiger charge is 2.32. The molecule has 208 valence electrons. The van der Waals surface area contributed by atoms with Crippen LogP contribution in [0.1, 0.15) is 40.0 Å². The topological polar surface area (TPSA) is 130 Å². The molecular weight excluding hydrogens is 556 g/mol. The van der Waals surface area contributed by atoms with Crippen molar-refractivity contribution in [3.8, 4) is 5.75 Å². The van der Waals surface area contributed by atoms with Crippen molar-refractivity contribution in [3.63, 3.8) is 0 Å². The van der Waals surface area contributed by atoms with Gasteiger partial charge in [0, 0.05) is 24.7 Å². The van der Waals surface area contributed by atoms with Crippen molar-refractivity contribution in [3.05, 3.63) is 64.7 Å². The standard InChI is InChI=1S/C25H26F3N4O5PS/c1-38(2,35)11-9-17-13-19-20(29-15-17)22(33)21(31-23(19)32-10-3-4-12-39(32,36)37)24(34)30-14-16-5-7-18(8-6-16)25(26,27)28/h5-9,11,13,15,33H,3-4,10,12,14H2,1-2H3,(H,30,34)/b11-9+. The molecule has 1 saturated heterocycles. The Morgan fingerprint density at radius 3 is 2.51 bits per heavy atom. The Labute approximate surface area is 223 Å². The number of aromatic nitrogens is 2. The highest BCUT2D eigenvalue weighted by molar-refractivity contribution is 7.92. The fraction of sp³-hybridized carbons (Fsp3) is 0.320. The van der Waals surface area contributed by atoms with E-state index in [0.717, 1.165) is 16.4 Å². The van der Waals surface area contributed by atoms with Gasteiger partial charge in [-0.05, 0) is 67.4 Å². The molecule has 14 heteroatoms. The van der Waals surface area contributed by atoms with E-state index in [4.69, 9.17) is 0 Å². The lowest BCUT2D eigenvalue weighted by atomic mass is 10.1. The molecule has 0 unspecified atom stereocenters. The van der Waals surface area contributed by atoms with Gasteiger partial charge < -0.3 is 15.0 Å². The molecule has 39 heavy (non-hydrogen) atoms. The second-order valence-electron chi connectivity index (χ2n) is 9.52. The Bertz CT molecular complexity index is 1600. The number of benzene rings is 1. The predicted octanol–water partition coefficient (Wildman–Crippen LogP) is 4.81. The van der Waals surface area contributed by atoms with Crippen molar-refractivity contribution in [2.75, 3.05) is 29.9 Å². The van der Waals surface area contributed by atoms with Crippen molar-refractivity contribution in [1.82, 2.24) is 15.3 Å². The molecule has 1 fully saturated rings. The maximum absolute atomic E-state index is 13.0. The monoisotopic (exact) mass is 582 g/mol. The van der Waals surface area contributed by atoms with Crippen LogP contribution >= 0.6 is 7.14 Å². The van der Waals surface area contributed by atoms with E-state index < -0.39 is 46.3 Å². The second kappa shape index (κ2) is 10.6. The number of sulfonamides is 1. The summed E-state index contributed by atoms with van der Waals surface area (Å²) in [6.07, 6.45) is -0.524. The number of hydrogen-bond donors (Lipinski definition) is 2. The molecular formula is C25H26F3N4O5PS. The van der Waals surface area contributed by atoms with Crippen molar-refractivity contribution in [2.24, 2.45) is 0 Å². The van der Waals surface area contributed by atoms with Crippen LogP contribution in [0.4, 0.5) is 19.0 Å². The minimum Gasteiger partial charge on any atom is -0.504 e. The lowest BCUT2D eigenvalue weighted by Crippen LogP contribution is -2.39. The van der Waals surface area contributed by atoms with Crippen LogP contribution in [-0.4, -0.2) is 55.0 Å². The van der Waals surface area contributed by atoms with E-state index in [-0.39, 0.29) is 35.6 Å². The first-order chi connectivity index (χ1) is 18.2. The number of aromatic hydroxyl groups is 1. The maximum Gasteiger partial charge on any atom is 0.416 e. The SMILES string of the molecule is CP(C)(=O)/C=C/c1cnc2c(O)c(C(=O)NCc3ccc(C(F)(F)F)cc3)nc(N3CCCCS3(=O)=O)c2c1. The van der Waals surface area contributed by atoms with Gasteiger partial charge in [-0.1, -0.05) is 12.1 Å². The number of carbonyl (C=O) groups is 1. The first kappa shape index (κ1) is 28.6.